The van der Waals surface area contributed by atoms with Crippen LogP contribution in [0.1, 0.15) is 18.1 Å². The number of hydrogen-bond acceptors (Lipinski definition) is 3. The van der Waals surface area contributed by atoms with Gasteiger partial charge >= 0.3 is 0 Å². The number of Topliss-reactive ketones (excluding diaryl/α,β-unsaturated/α-hetero) is 1. The van der Waals surface area contributed by atoms with E-state index in [4.69, 9.17) is 0 Å². The lowest BCUT2D eigenvalue weighted by molar-refractivity contribution is -0.133. The van der Waals surface area contributed by atoms with Crippen LogP contribution in [0, 0.1) is 6.92 Å². The molecule has 0 atom stereocenters. The van der Waals surface area contributed by atoms with E-state index in [0.29, 0.717) is 12.2 Å². The number of amides is 1. The molecule has 0 unspecified atom stereocenters. The Morgan fingerprint density at radius 1 is 1.37 bits per heavy atom. The highest BCUT2D eigenvalue weighted by Gasteiger charge is 2.08. The molecular formula is C14H15N3O2. The molecule has 1 aromatic carbocycles. The number of carbonyl (C=O) groups is 2. The molecule has 0 aliphatic rings. The van der Waals surface area contributed by atoms with E-state index >= 15 is 0 Å². The van der Waals surface area contributed by atoms with Crippen LogP contribution in [0.25, 0.3) is 0 Å². The Morgan fingerprint density at radius 3 is 2.84 bits per heavy atom. The largest absolute Gasteiger partial charge is 0.317 e. The van der Waals surface area contributed by atoms with Crippen LogP contribution >= 0.6 is 0 Å². The van der Waals surface area contributed by atoms with Crippen molar-refractivity contribution in [1.82, 2.24) is 9.78 Å². The van der Waals surface area contributed by atoms with Gasteiger partial charge in [0.15, 0.2) is 0 Å². The van der Waals surface area contributed by atoms with Gasteiger partial charge in [0.25, 0.3) is 5.91 Å². The topological polar surface area (TPSA) is 64.0 Å². The van der Waals surface area contributed by atoms with E-state index in [1.54, 1.807) is 10.9 Å². The molecule has 5 heteroatoms. The molecule has 1 heterocycles. The Hall–Kier alpha value is -2.43. The zero-order chi connectivity index (χ0) is 13.8. The average molecular weight is 257 g/mol. The molecule has 2 rings (SSSR count). The molecule has 0 aliphatic heterocycles. The van der Waals surface area contributed by atoms with Crippen molar-refractivity contribution in [3.63, 3.8) is 0 Å². The van der Waals surface area contributed by atoms with E-state index in [2.05, 4.69) is 16.5 Å². The van der Waals surface area contributed by atoms with Gasteiger partial charge < -0.3 is 5.32 Å². The van der Waals surface area contributed by atoms with Crippen LogP contribution in [0.4, 0.5) is 5.69 Å². The van der Waals surface area contributed by atoms with Crippen molar-refractivity contribution in [2.24, 2.45) is 0 Å². The molecule has 1 N–H and O–H groups in total. The summed E-state index contributed by atoms with van der Waals surface area (Å²) < 4.78 is 1.71. The number of ketones is 1. The first kappa shape index (κ1) is 13.0. The monoisotopic (exact) mass is 257 g/mol. The van der Waals surface area contributed by atoms with E-state index in [-0.39, 0.29) is 0 Å². The fourth-order valence-electron chi connectivity index (χ4n) is 1.73. The molecule has 0 spiro atoms. The Balaban J connectivity index is 2.05. The number of carbonyl (C=O) groups excluding carboxylic acids is 2. The molecule has 2 aromatic rings. The predicted octanol–water partition coefficient (Wildman–Crippen LogP) is 1.77. The number of aromatic nitrogens is 2. The maximum atomic E-state index is 11.2. The maximum Gasteiger partial charge on any atom is 0.291 e. The van der Waals surface area contributed by atoms with E-state index in [1.165, 1.54) is 18.7 Å². The van der Waals surface area contributed by atoms with Gasteiger partial charge in [-0.1, -0.05) is 29.8 Å². The second kappa shape index (κ2) is 5.48. The van der Waals surface area contributed by atoms with Crippen LogP contribution in [-0.2, 0) is 16.1 Å². The minimum absolute atomic E-state index is 0.521. The van der Waals surface area contributed by atoms with Crippen LogP contribution in [0.5, 0.6) is 0 Å². The molecule has 0 saturated carbocycles. The standard InChI is InChI=1S/C14H15N3O2/c1-10-4-3-5-12(6-10)8-17-9-13(7-15-17)16-14(19)11(2)18/h3-7,9H,8H2,1-2H3,(H,16,19). The predicted molar refractivity (Wildman–Crippen MR) is 71.8 cm³/mol. The zero-order valence-electron chi connectivity index (χ0n) is 10.9. The van der Waals surface area contributed by atoms with Crippen molar-refractivity contribution in [3.8, 4) is 0 Å². The van der Waals surface area contributed by atoms with Crippen molar-refractivity contribution >= 4 is 17.4 Å². The van der Waals surface area contributed by atoms with Crippen LogP contribution in [-0.4, -0.2) is 21.5 Å². The summed E-state index contributed by atoms with van der Waals surface area (Å²) in [5, 5.41) is 6.63. The van der Waals surface area contributed by atoms with Gasteiger partial charge in [-0.15, -0.1) is 0 Å². The molecule has 0 radical (unpaired) electrons. The van der Waals surface area contributed by atoms with Gasteiger partial charge in [-0.2, -0.15) is 5.10 Å². The number of nitrogens with zero attached hydrogens (tertiary/aromatic N) is 2. The van der Waals surface area contributed by atoms with Crippen molar-refractivity contribution in [3.05, 3.63) is 47.8 Å². The Bertz CT molecular complexity index is 617. The number of hydrogen-bond donors (Lipinski definition) is 1. The summed E-state index contributed by atoms with van der Waals surface area (Å²) in [6, 6.07) is 8.12. The van der Waals surface area contributed by atoms with Crippen molar-refractivity contribution in [2.45, 2.75) is 20.4 Å². The van der Waals surface area contributed by atoms with Gasteiger partial charge in [-0.05, 0) is 12.5 Å². The third kappa shape index (κ3) is 3.51. The lowest BCUT2D eigenvalue weighted by atomic mass is 10.1. The smallest absolute Gasteiger partial charge is 0.291 e. The highest BCUT2D eigenvalue weighted by Crippen LogP contribution is 2.09. The normalized spacial score (nSPS) is 10.2. The fourth-order valence-corrected chi connectivity index (χ4v) is 1.73. The fraction of sp³-hybridized carbons (Fsp3) is 0.214. The third-order valence-electron chi connectivity index (χ3n) is 2.64. The summed E-state index contributed by atoms with van der Waals surface area (Å²) in [4.78, 5) is 22.1. The van der Waals surface area contributed by atoms with Gasteiger partial charge in [0.1, 0.15) is 0 Å². The molecule has 1 amide bonds. The molecule has 19 heavy (non-hydrogen) atoms. The molecule has 0 saturated heterocycles. The Morgan fingerprint density at radius 2 is 2.16 bits per heavy atom. The Kier molecular flexibility index (Phi) is 3.75. The van der Waals surface area contributed by atoms with Gasteiger partial charge in [0.2, 0.25) is 5.78 Å². The summed E-state index contributed by atoms with van der Waals surface area (Å²) in [5.74, 6) is -1.15. The number of rotatable bonds is 4. The highest BCUT2D eigenvalue weighted by molar-refractivity contribution is 6.39. The lowest BCUT2D eigenvalue weighted by Gasteiger charge is -2.02. The number of nitrogens with one attached hydrogen (secondary N) is 1. The minimum Gasteiger partial charge on any atom is -0.317 e. The second-order valence-corrected chi connectivity index (χ2v) is 4.43. The average Bonchev–Trinajstić information content (AvgIpc) is 2.76. The van der Waals surface area contributed by atoms with Gasteiger partial charge in [-0.25, -0.2) is 0 Å². The summed E-state index contributed by atoms with van der Waals surface area (Å²) >= 11 is 0. The van der Waals surface area contributed by atoms with E-state index in [9.17, 15) is 9.59 Å². The Labute approximate surface area is 111 Å². The summed E-state index contributed by atoms with van der Waals surface area (Å²) in [7, 11) is 0. The van der Waals surface area contributed by atoms with E-state index in [1.807, 2.05) is 25.1 Å². The molecule has 0 bridgehead atoms. The van der Waals surface area contributed by atoms with Gasteiger partial charge in [0.05, 0.1) is 18.4 Å². The number of anilines is 1. The van der Waals surface area contributed by atoms with Gasteiger partial charge in [-0.3, -0.25) is 14.3 Å². The highest BCUT2D eigenvalue weighted by atomic mass is 16.2. The van der Waals surface area contributed by atoms with E-state index in [0.717, 1.165) is 5.56 Å². The van der Waals surface area contributed by atoms with Crippen molar-refractivity contribution in [2.75, 3.05) is 5.32 Å². The number of aryl methyl sites for hydroxylation is 1. The van der Waals surface area contributed by atoms with E-state index < -0.39 is 11.7 Å². The summed E-state index contributed by atoms with van der Waals surface area (Å²) in [6.45, 7) is 3.88. The maximum absolute atomic E-state index is 11.2. The number of benzene rings is 1. The first-order chi connectivity index (χ1) is 9.04. The van der Waals surface area contributed by atoms with Gasteiger partial charge in [0, 0.05) is 13.1 Å². The minimum atomic E-state index is -0.630. The lowest BCUT2D eigenvalue weighted by Crippen LogP contribution is -2.19. The summed E-state index contributed by atoms with van der Waals surface area (Å²) in [5.41, 5.74) is 2.84. The van der Waals surface area contributed by atoms with Crippen molar-refractivity contribution < 1.29 is 9.59 Å². The molecule has 0 fully saturated rings. The quantitative estimate of drug-likeness (QED) is 0.849. The molecule has 1 aromatic heterocycles. The first-order valence-electron chi connectivity index (χ1n) is 5.94. The van der Waals surface area contributed by atoms with Crippen LogP contribution in [0.15, 0.2) is 36.7 Å². The van der Waals surface area contributed by atoms with Crippen LogP contribution in [0.3, 0.4) is 0 Å². The second-order valence-electron chi connectivity index (χ2n) is 4.43. The van der Waals surface area contributed by atoms with Crippen LogP contribution in [0.2, 0.25) is 0 Å². The SMILES string of the molecule is CC(=O)C(=O)Nc1cnn(Cc2cccc(C)c2)c1. The first-order valence-corrected chi connectivity index (χ1v) is 5.94. The molecule has 98 valence electrons. The zero-order valence-corrected chi connectivity index (χ0v) is 10.9. The van der Waals surface area contributed by atoms with Crippen LogP contribution < -0.4 is 5.32 Å². The molecule has 5 nitrogen and oxygen atoms in total. The third-order valence-corrected chi connectivity index (χ3v) is 2.64. The van der Waals surface area contributed by atoms with Crippen molar-refractivity contribution in [1.29, 1.82) is 0 Å². The molecular weight excluding hydrogens is 242 g/mol. The molecule has 0 aliphatic carbocycles. The summed E-state index contributed by atoms with van der Waals surface area (Å²) in [6.07, 6.45) is 3.22.